The summed E-state index contributed by atoms with van der Waals surface area (Å²) < 4.78 is 31.0. The molecule has 10 heteroatoms. The van der Waals surface area contributed by atoms with E-state index in [0.29, 0.717) is 0 Å². The number of hydrogen-bond donors (Lipinski definition) is 2. The smallest absolute Gasteiger partial charge is 0.327 e. The van der Waals surface area contributed by atoms with Gasteiger partial charge in [-0.25, -0.2) is 13.6 Å². The molecule has 3 rings (SSSR count). The monoisotopic (exact) mass is 395 g/mol. The number of rotatable bonds is 6. The molecule has 2 fully saturated rings. The van der Waals surface area contributed by atoms with Gasteiger partial charge < -0.3 is 15.4 Å². The zero-order valence-electron chi connectivity index (χ0n) is 15.3. The van der Waals surface area contributed by atoms with Gasteiger partial charge in [0.25, 0.3) is 11.8 Å². The third-order valence-electron chi connectivity index (χ3n) is 4.85. The lowest BCUT2D eigenvalue weighted by Crippen LogP contribution is -2.46. The molecule has 1 saturated heterocycles. The quantitative estimate of drug-likeness (QED) is 0.562. The summed E-state index contributed by atoms with van der Waals surface area (Å²) in [6, 6.07) is 2.09. The molecule has 1 aromatic carbocycles. The first-order valence-electron chi connectivity index (χ1n) is 8.71. The van der Waals surface area contributed by atoms with Crippen LogP contribution >= 0.6 is 0 Å². The van der Waals surface area contributed by atoms with Crippen molar-refractivity contribution in [2.24, 2.45) is 5.92 Å². The largest absolute Gasteiger partial charge is 0.451 e. The Morgan fingerprint density at radius 1 is 1.32 bits per heavy atom. The predicted octanol–water partition coefficient (Wildman–Crippen LogP) is 1.56. The molecule has 1 aliphatic heterocycles. The average molecular weight is 395 g/mol. The molecule has 0 radical (unpaired) electrons. The van der Waals surface area contributed by atoms with Gasteiger partial charge in [0.1, 0.15) is 12.1 Å². The van der Waals surface area contributed by atoms with Crippen molar-refractivity contribution in [1.82, 2.24) is 10.2 Å². The molecule has 0 aromatic heterocycles. The van der Waals surface area contributed by atoms with E-state index in [-0.39, 0.29) is 11.6 Å². The summed E-state index contributed by atoms with van der Waals surface area (Å²) in [7, 11) is 0. The van der Waals surface area contributed by atoms with Crippen molar-refractivity contribution < 1.29 is 32.7 Å². The Balaban J connectivity index is 1.55. The fourth-order valence-electron chi connectivity index (χ4n) is 3.03. The van der Waals surface area contributed by atoms with E-state index < -0.39 is 53.6 Å². The minimum atomic E-state index is -1.28. The van der Waals surface area contributed by atoms with Gasteiger partial charge in [-0.15, -0.1) is 0 Å². The Hall–Kier alpha value is -3.04. The first kappa shape index (κ1) is 19.7. The van der Waals surface area contributed by atoms with Gasteiger partial charge in [-0.2, -0.15) is 0 Å². The van der Waals surface area contributed by atoms with Crippen molar-refractivity contribution in [3.8, 4) is 0 Å². The fourth-order valence-corrected chi connectivity index (χ4v) is 3.03. The SMILES string of the molecule is C[C@@H](OC(=O)CN1C(=O)N[C@@](C)(C2CC2)C1=O)C(=O)Nc1ccc(F)c(F)c1. The summed E-state index contributed by atoms with van der Waals surface area (Å²) in [6.07, 6.45) is 0.362. The van der Waals surface area contributed by atoms with Gasteiger partial charge in [-0.1, -0.05) is 0 Å². The maximum Gasteiger partial charge on any atom is 0.327 e. The van der Waals surface area contributed by atoms with Crippen molar-refractivity contribution >= 4 is 29.5 Å². The van der Waals surface area contributed by atoms with Crippen LogP contribution in [-0.4, -0.2) is 46.9 Å². The normalized spacial score (nSPS) is 22.6. The summed E-state index contributed by atoms with van der Waals surface area (Å²) in [6.45, 7) is 2.26. The molecular formula is C18H19F2N3O5. The average Bonchev–Trinajstić information content (AvgIpc) is 3.44. The van der Waals surface area contributed by atoms with Crippen molar-refractivity contribution in [2.75, 3.05) is 11.9 Å². The molecule has 150 valence electrons. The molecular weight excluding hydrogens is 376 g/mol. The zero-order valence-corrected chi connectivity index (χ0v) is 15.3. The highest BCUT2D eigenvalue weighted by atomic mass is 19.2. The van der Waals surface area contributed by atoms with Crippen molar-refractivity contribution in [1.29, 1.82) is 0 Å². The zero-order chi connectivity index (χ0) is 20.6. The van der Waals surface area contributed by atoms with Gasteiger partial charge >= 0.3 is 12.0 Å². The summed E-state index contributed by atoms with van der Waals surface area (Å²) in [5.74, 6) is -4.39. The molecule has 4 amide bonds. The Labute approximate surface area is 159 Å². The summed E-state index contributed by atoms with van der Waals surface area (Å²) >= 11 is 0. The highest BCUT2D eigenvalue weighted by Crippen LogP contribution is 2.42. The molecule has 0 unspecified atom stereocenters. The lowest BCUT2D eigenvalue weighted by molar-refractivity contribution is -0.155. The van der Waals surface area contributed by atoms with Crippen LogP contribution in [0.2, 0.25) is 0 Å². The van der Waals surface area contributed by atoms with E-state index >= 15 is 0 Å². The Bertz CT molecular complexity index is 858. The number of nitrogens with one attached hydrogen (secondary N) is 2. The second kappa shape index (κ2) is 7.17. The lowest BCUT2D eigenvalue weighted by atomic mass is 9.96. The van der Waals surface area contributed by atoms with E-state index in [1.165, 1.54) is 6.92 Å². The van der Waals surface area contributed by atoms with Crippen LogP contribution in [0.1, 0.15) is 26.7 Å². The van der Waals surface area contributed by atoms with Crippen LogP contribution in [0.5, 0.6) is 0 Å². The summed E-state index contributed by atoms with van der Waals surface area (Å²) in [4.78, 5) is 49.4. The van der Waals surface area contributed by atoms with Crippen LogP contribution in [0.15, 0.2) is 18.2 Å². The number of carbonyl (C=O) groups is 4. The molecule has 2 aliphatic rings. The topological polar surface area (TPSA) is 105 Å². The van der Waals surface area contributed by atoms with Crippen LogP contribution in [0.4, 0.5) is 19.3 Å². The Kier molecular flexibility index (Phi) is 5.05. The van der Waals surface area contributed by atoms with Gasteiger partial charge in [0.15, 0.2) is 17.7 Å². The van der Waals surface area contributed by atoms with Crippen LogP contribution in [0, 0.1) is 17.6 Å². The second-order valence-corrected chi connectivity index (χ2v) is 7.05. The molecule has 1 heterocycles. The predicted molar refractivity (Wildman–Crippen MR) is 91.9 cm³/mol. The van der Waals surface area contributed by atoms with Gasteiger partial charge in [0, 0.05) is 11.8 Å². The number of ether oxygens (including phenoxy) is 1. The van der Waals surface area contributed by atoms with Gasteiger partial charge in [0.05, 0.1) is 0 Å². The third-order valence-corrected chi connectivity index (χ3v) is 4.85. The van der Waals surface area contributed by atoms with E-state index in [2.05, 4.69) is 10.6 Å². The van der Waals surface area contributed by atoms with Crippen LogP contribution in [0.25, 0.3) is 0 Å². The molecule has 8 nitrogen and oxygen atoms in total. The van der Waals surface area contributed by atoms with E-state index in [0.717, 1.165) is 35.9 Å². The van der Waals surface area contributed by atoms with Gasteiger partial charge in [-0.05, 0) is 44.7 Å². The van der Waals surface area contributed by atoms with E-state index in [4.69, 9.17) is 4.74 Å². The van der Waals surface area contributed by atoms with Crippen molar-refractivity contribution in [2.45, 2.75) is 38.3 Å². The first-order valence-corrected chi connectivity index (χ1v) is 8.71. The van der Waals surface area contributed by atoms with E-state index in [1.807, 2.05) is 0 Å². The maximum atomic E-state index is 13.2. The first-order chi connectivity index (χ1) is 13.1. The van der Waals surface area contributed by atoms with Crippen LogP contribution < -0.4 is 10.6 Å². The highest BCUT2D eigenvalue weighted by Gasteiger charge is 2.56. The van der Waals surface area contributed by atoms with Crippen molar-refractivity contribution in [3.63, 3.8) is 0 Å². The van der Waals surface area contributed by atoms with Crippen LogP contribution in [-0.2, 0) is 19.1 Å². The molecule has 1 saturated carbocycles. The fraction of sp³-hybridized carbons (Fsp3) is 0.444. The van der Waals surface area contributed by atoms with E-state index in [1.54, 1.807) is 6.92 Å². The number of benzene rings is 1. The van der Waals surface area contributed by atoms with Crippen LogP contribution in [0.3, 0.4) is 0 Å². The molecule has 1 aromatic rings. The molecule has 0 spiro atoms. The molecule has 28 heavy (non-hydrogen) atoms. The number of urea groups is 1. The summed E-state index contributed by atoms with van der Waals surface area (Å²) in [5.41, 5.74) is -1.03. The number of esters is 1. The molecule has 2 atom stereocenters. The molecule has 1 aliphatic carbocycles. The molecule has 0 bridgehead atoms. The number of amides is 4. The minimum absolute atomic E-state index is 0.0129. The number of halogens is 2. The van der Waals surface area contributed by atoms with E-state index in [9.17, 15) is 28.0 Å². The third kappa shape index (κ3) is 3.80. The van der Waals surface area contributed by atoms with Crippen molar-refractivity contribution in [3.05, 3.63) is 29.8 Å². The number of hydrogen-bond acceptors (Lipinski definition) is 5. The van der Waals surface area contributed by atoms with Gasteiger partial charge in [-0.3, -0.25) is 19.3 Å². The second-order valence-electron chi connectivity index (χ2n) is 7.05. The lowest BCUT2D eigenvalue weighted by Gasteiger charge is -2.21. The highest BCUT2D eigenvalue weighted by molar-refractivity contribution is 6.09. The Morgan fingerprint density at radius 2 is 2.00 bits per heavy atom. The maximum absolute atomic E-state index is 13.2. The standard InChI is InChI=1S/C18H19F2N3O5/c1-9(15(25)21-11-5-6-12(19)13(20)7-11)28-14(24)8-23-16(26)18(2,10-3-4-10)22-17(23)27/h5-7,9-10H,3-4,8H2,1-2H3,(H,21,25)(H,22,27)/t9-,18+/m1/s1. The molecule has 2 N–H and O–H groups in total. The number of imide groups is 1. The number of carbonyl (C=O) groups excluding carboxylic acids is 4. The number of nitrogens with zero attached hydrogens (tertiary/aromatic N) is 1. The Morgan fingerprint density at radius 3 is 2.61 bits per heavy atom. The van der Waals surface area contributed by atoms with Gasteiger partial charge in [0.2, 0.25) is 0 Å². The minimum Gasteiger partial charge on any atom is -0.451 e. The number of anilines is 1. The summed E-state index contributed by atoms with van der Waals surface area (Å²) in [5, 5.41) is 4.88.